The number of aromatic nitrogens is 5. The van der Waals surface area contributed by atoms with E-state index in [1.165, 1.54) is 24.0 Å². The molecule has 4 amide bonds. The Hall–Kier alpha value is -7.36. The van der Waals surface area contributed by atoms with Gasteiger partial charge in [0.25, 0.3) is 0 Å². The molecule has 4 saturated heterocycles. The van der Waals surface area contributed by atoms with Gasteiger partial charge < -0.3 is 54.1 Å². The lowest BCUT2D eigenvalue weighted by molar-refractivity contribution is -0.137. The number of methoxy groups -OCH3 is 2. The molecule has 1 unspecified atom stereocenters. The Kier molecular flexibility index (Phi) is 13.4. The summed E-state index contributed by atoms with van der Waals surface area (Å²) in [6.45, 7) is 1.58. The molecule has 3 aromatic carbocycles. The van der Waals surface area contributed by atoms with E-state index in [-0.39, 0.29) is 43.7 Å². The lowest BCUT2D eigenvalue weighted by Crippen LogP contribution is -2.53. The molecule has 76 heavy (non-hydrogen) atoms. The third-order valence-electron chi connectivity index (χ3n) is 15.7. The third-order valence-corrected chi connectivity index (χ3v) is 16.8. The van der Waals surface area contributed by atoms with Crippen LogP contribution in [-0.4, -0.2) is 136 Å². The predicted molar refractivity (Wildman–Crippen MR) is 277 cm³/mol. The number of fused-ring (bicyclic) bond motifs is 6. The van der Waals surface area contributed by atoms with E-state index < -0.39 is 60.8 Å². The van der Waals surface area contributed by atoms with Crippen LogP contribution in [0.5, 0.6) is 5.75 Å². The molecule has 12 rings (SSSR count). The number of alkyl halides is 2. The number of nitrogens with one attached hydrogen (secondary N) is 4. The van der Waals surface area contributed by atoms with Crippen molar-refractivity contribution in [1.82, 2.24) is 44.9 Å². The topological polar surface area (TPSA) is 207 Å². The van der Waals surface area contributed by atoms with Gasteiger partial charge in [-0.2, -0.15) is 0 Å². The molecule has 4 aromatic heterocycles. The van der Waals surface area contributed by atoms with Crippen molar-refractivity contribution in [1.29, 1.82) is 0 Å². The summed E-state index contributed by atoms with van der Waals surface area (Å²) in [5.41, 5.74) is 5.51. The third kappa shape index (κ3) is 9.31. The number of carbonyl (C=O) groups excluding carboxylic acids is 4. The molecule has 396 valence electrons. The largest absolute Gasteiger partial charge is 0.464 e. The molecule has 0 aliphatic carbocycles. The summed E-state index contributed by atoms with van der Waals surface area (Å²) in [6, 6.07) is 21.4. The van der Waals surface area contributed by atoms with Crippen molar-refractivity contribution in [3.8, 4) is 39.7 Å². The number of amides is 4. The van der Waals surface area contributed by atoms with Crippen molar-refractivity contribution in [2.75, 3.05) is 53.7 Å². The fraction of sp³-hybridized carbons (Fsp3) is 0.418. The highest BCUT2D eigenvalue weighted by Gasteiger charge is 2.45. The van der Waals surface area contributed by atoms with Crippen molar-refractivity contribution in [3.63, 3.8) is 0 Å². The van der Waals surface area contributed by atoms with Gasteiger partial charge in [0.1, 0.15) is 41.8 Å². The number of hydrogen-bond donors (Lipinski definition) is 4. The fourth-order valence-corrected chi connectivity index (χ4v) is 12.9. The summed E-state index contributed by atoms with van der Waals surface area (Å²) in [4.78, 5) is 73.7. The number of ether oxygens (including phenoxy) is 5. The molecule has 5 aliphatic rings. The number of hydrogen-bond acceptors (Lipinski definition) is 12. The number of H-pyrrole nitrogens is 2. The maximum atomic E-state index is 15.4. The summed E-state index contributed by atoms with van der Waals surface area (Å²) >= 11 is 1.66. The Bertz CT molecular complexity index is 3290. The van der Waals surface area contributed by atoms with E-state index in [0.717, 1.165) is 48.3 Å². The highest BCUT2D eigenvalue weighted by atomic mass is 32.1. The molecular weight excluding hydrogens is 1000 g/mol. The maximum Gasteiger partial charge on any atom is 0.407 e. The zero-order valence-corrected chi connectivity index (χ0v) is 42.7. The lowest BCUT2D eigenvalue weighted by atomic mass is 9.90. The number of rotatable bonds is 11. The van der Waals surface area contributed by atoms with Crippen molar-refractivity contribution in [2.24, 2.45) is 11.8 Å². The van der Waals surface area contributed by atoms with E-state index >= 15 is 8.78 Å². The highest BCUT2D eigenvalue weighted by molar-refractivity contribution is 7.19. The molecule has 7 atom stereocenters. The van der Waals surface area contributed by atoms with Crippen molar-refractivity contribution < 1.29 is 51.6 Å². The smallest absolute Gasteiger partial charge is 0.407 e. The molecular formula is C55H57F2N9O9S. The molecule has 9 heterocycles. The van der Waals surface area contributed by atoms with Gasteiger partial charge in [-0.15, -0.1) is 11.3 Å². The van der Waals surface area contributed by atoms with Crippen LogP contribution in [0.15, 0.2) is 85.2 Å². The van der Waals surface area contributed by atoms with E-state index in [1.54, 1.807) is 23.7 Å². The Morgan fingerprint density at radius 2 is 1.37 bits per heavy atom. The molecule has 4 N–H and O–H groups in total. The molecule has 18 nitrogen and oxygen atoms in total. The Morgan fingerprint density at radius 3 is 2.04 bits per heavy atom. The number of alkyl carbamates (subject to hydrolysis) is 2. The van der Waals surface area contributed by atoms with E-state index in [1.807, 2.05) is 42.5 Å². The molecule has 7 aromatic rings. The summed E-state index contributed by atoms with van der Waals surface area (Å²) in [5.74, 6) is 0.464. The molecule has 4 fully saturated rings. The van der Waals surface area contributed by atoms with Gasteiger partial charge in [-0.3, -0.25) is 14.2 Å². The summed E-state index contributed by atoms with van der Waals surface area (Å²) in [6.07, 6.45) is 1.17. The van der Waals surface area contributed by atoms with Crippen LogP contribution in [0.4, 0.5) is 18.4 Å². The molecule has 0 bridgehead atoms. The summed E-state index contributed by atoms with van der Waals surface area (Å²) in [5, 5.41) is 7.48. The lowest BCUT2D eigenvalue weighted by Gasteiger charge is -2.34. The molecule has 0 saturated carbocycles. The van der Waals surface area contributed by atoms with Crippen LogP contribution in [0, 0.1) is 11.8 Å². The monoisotopic (exact) mass is 1060 g/mol. The van der Waals surface area contributed by atoms with Crippen molar-refractivity contribution in [3.05, 3.63) is 102 Å². The first-order valence-electron chi connectivity index (χ1n) is 25.8. The minimum Gasteiger partial charge on any atom is -0.464 e. The molecule has 5 aliphatic heterocycles. The van der Waals surface area contributed by atoms with Crippen LogP contribution in [0.1, 0.15) is 73.2 Å². The fourth-order valence-electron chi connectivity index (χ4n) is 11.8. The first-order chi connectivity index (χ1) is 37.0. The Balaban J connectivity index is 0.847. The second-order valence-corrected chi connectivity index (χ2v) is 21.3. The second-order valence-electron chi connectivity index (χ2n) is 20.2. The van der Waals surface area contributed by atoms with Crippen molar-refractivity contribution in [2.45, 2.75) is 81.3 Å². The van der Waals surface area contributed by atoms with Crippen LogP contribution >= 0.6 is 11.3 Å². The van der Waals surface area contributed by atoms with Crippen LogP contribution in [0.25, 0.3) is 54.9 Å². The van der Waals surface area contributed by atoms with Gasteiger partial charge in [0.15, 0.2) is 0 Å². The average Bonchev–Trinajstić information content (AvgIpc) is 4.45. The van der Waals surface area contributed by atoms with Gasteiger partial charge in [0.2, 0.25) is 18.0 Å². The van der Waals surface area contributed by atoms with Gasteiger partial charge in [-0.05, 0) is 91.4 Å². The van der Waals surface area contributed by atoms with Gasteiger partial charge in [-0.25, -0.2) is 28.3 Å². The summed E-state index contributed by atoms with van der Waals surface area (Å²) in [7, 11) is 2.49. The number of thiophene rings is 1. The van der Waals surface area contributed by atoms with Crippen LogP contribution < -0.4 is 15.4 Å². The number of aromatic amines is 2. The minimum absolute atomic E-state index is 0.0454. The zero-order valence-electron chi connectivity index (χ0n) is 41.8. The normalized spacial score (nSPS) is 22.7. The van der Waals surface area contributed by atoms with Gasteiger partial charge in [0, 0.05) is 66.0 Å². The van der Waals surface area contributed by atoms with Crippen LogP contribution in [-0.2, 0) is 28.5 Å². The second kappa shape index (κ2) is 20.6. The SMILES string of the molecule is COC(=O)N[C@H](C(=O)N1C[C@H](F)C[C@@H]1c1ncc(-c2ccc3c(c2)OC(c2cc4ccccc4s2)n2c-3cc3cc(-c4ncc([C@@H]5C[C@@H](F)CN5C(=O)[C@@H](NC(=O)OC)C5CCOCC5)[nH]4)ccc32)[nH]1)C1CCOCC1. The van der Waals surface area contributed by atoms with E-state index in [0.29, 0.717) is 80.9 Å². The predicted octanol–water partition coefficient (Wildman–Crippen LogP) is 8.77. The highest BCUT2D eigenvalue weighted by Crippen LogP contribution is 2.48. The number of likely N-dealkylation sites (tertiary alicyclic amines) is 2. The average molecular weight is 1060 g/mol. The molecule has 0 spiro atoms. The first kappa shape index (κ1) is 49.5. The molecule has 21 heteroatoms. The Morgan fingerprint density at radius 1 is 0.724 bits per heavy atom. The quantitative estimate of drug-likeness (QED) is 0.0963. The number of carbonyl (C=O) groups is 4. The number of nitrogens with zero attached hydrogens (tertiary/aromatic N) is 5. The van der Waals surface area contributed by atoms with E-state index in [4.69, 9.17) is 33.7 Å². The van der Waals surface area contributed by atoms with E-state index in [2.05, 4.69) is 55.5 Å². The first-order valence-corrected chi connectivity index (χ1v) is 26.6. The van der Waals surface area contributed by atoms with Gasteiger partial charge in [-0.1, -0.05) is 24.3 Å². The maximum absolute atomic E-state index is 15.4. The van der Waals surface area contributed by atoms with Crippen LogP contribution in [0.2, 0.25) is 0 Å². The van der Waals surface area contributed by atoms with Gasteiger partial charge >= 0.3 is 12.2 Å². The number of halogens is 2. The van der Waals surface area contributed by atoms with Crippen molar-refractivity contribution >= 4 is 56.3 Å². The van der Waals surface area contributed by atoms with Crippen LogP contribution in [0.3, 0.4) is 0 Å². The minimum atomic E-state index is -1.29. The zero-order chi connectivity index (χ0) is 52.2. The number of benzene rings is 3. The Labute approximate surface area is 439 Å². The molecule has 0 radical (unpaired) electrons. The van der Waals surface area contributed by atoms with Gasteiger partial charge in [0.05, 0.1) is 79.3 Å². The number of imidazole rings is 2. The van der Waals surface area contributed by atoms with E-state index in [9.17, 15) is 19.2 Å². The standard InChI is InChI=1S/C55H57F2N9O9S/c1-71-54(69)62-47(29-11-15-73-16-12-29)51(67)64-27-35(56)23-42(64)39-26-58-49(61-39)33-8-10-40-34(19-33)20-41-37-9-7-31(21-44(37)75-53(66(40)41)46-22-32-5-3-4-6-45(32)76-46)38-25-59-50(60-38)43-24-36(57)28-65(43)52(68)48(63-55(70)72-2)30-13-17-74-18-14-30/h3-10,19-22,25-26,29-30,35-36,42-43,47-48,53H,11-18,23-24,27-28H2,1-2H3,(H,58,61)(H,59,60)(H,62,69)(H,63,70)/t35-,36-,42+,43-,47+,48+,53?/m1/s1. The summed E-state index contributed by atoms with van der Waals surface area (Å²) < 4.78 is 61.9.